The predicted molar refractivity (Wildman–Crippen MR) is 152 cm³/mol. The monoisotopic (exact) mass is 528 g/mol. The van der Waals surface area contributed by atoms with Crippen LogP contribution in [0.4, 0.5) is 0 Å². The van der Waals surface area contributed by atoms with Gasteiger partial charge in [0.15, 0.2) is 0 Å². The molecule has 0 saturated carbocycles. The van der Waals surface area contributed by atoms with E-state index in [0.717, 1.165) is 29.7 Å². The number of amides is 1. The van der Waals surface area contributed by atoms with Crippen LogP contribution in [0, 0.1) is 0 Å². The van der Waals surface area contributed by atoms with Crippen molar-refractivity contribution in [2.45, 2.75) is 32.4 Å². The van der Waals surface area contributed by atoms with E-state index in [4.69, 9.17) is 9.47 Å². The van der Waals surface area contributed by atoms with Crippen LogP contribution in [0.1, 0.15) is 42.5 Å². The highest BCUT2D eigenvalue weighted by molar-refractivity contribution is 6.46. The van der Waals surface area contributed by atoms with Crippen molar-refractivity contribution >= 4 is 17.4 Å². The number of benzene rings is 3. The van der Waals surface area contributed by atoms with Crippen molar-refractivity contribution in [1.29, 1.82) is 0 Å². The van der Waals surface area contributed by atoms with Crippen LogP contribution < -0.4 is 9.47 Å². The number of ether oxygens (including phenoxy) is 2. The Labute approximate surface area is 230 Å². The molecule has 3 aromatic rings. The number of ketones is 1. The van der Waals surface area contributed by atoms with Crippen LogP contribution in [0.15, 0.2) is 84.4 Å². The molecular formula is C32H36N2O5. The summed E-state index contributed by atoms with van der Waals surface area (Å²) >= 11 is 0. The molecule has 1 amide bonds. The van der Waals surface area contributed by atoms with Crippen molar-refractivity contribution in [3.8, 4) is 11.5 Å². The maximum absolute atomic E-state index is 13.3. The normalized spacial score (nSPS) is 16.6. The van der Waals surface area contributed by atoms with E-state index in [2.05, 4.69) is 6.92 Å². The fourth-order valence-corrected chi connectivity index (χ4v) is 4.45. The fourth-order valence-electron chi connectivity index (χ4n) is 4.45. The van der Waals surface area contributed by atoms with Crippen LogP contribution in [-0.4, -0.2) is 60.4 Å². The van der Waals surface area contributed by atoms with Gasteiger partial charge in [-0.25, -0.2) is 0 Å². The number of nitrogens with zero attached hydrogens (tertiary/aromatic N) is 2. The average molecular weight is 529 g/mol. The standard InChI is InChI=1S/C32H36N2O5/c1-4-5-21-38-26-15-11-24(12-16-26)29-28(31(36)32(37)34(29)20-19-33(2)3)30(35)25-13-17-27(18-14-25)39-22-23-9-7-6-8-10-23/h6-18,29,35H,4-5,19-22H2,1-3H3. The van der Waals surface area contributed by atoms with Crippen molar-refractivity contribution in [1.82, 2.24) is 9.80 Å². The van der Waals surface area contributed by atoms with Gasteiger partial charge in [0.2, 0.25) is 0 Å². The molecule has 7 heteroatoms. The van der Waals surface area contributed by atoms with Crippen LogP contribution in [0.5, 0.6) is 11.5 Å². The first-order valence-corrected chi connectivity index (χ1v) is 13.3. The molecule has 1 atom stereocenters. The average Bonchev–Trinajstić information content (AvgIpc) is 3.21. The third-order valence-electron chi connectivity index (χ3n) is 6.67. The molecule has 0 aliphatic carbocycles. The summed E-state index contributed by atoms with van der Waals surface area (Å²) in [4.78, 5) is 29.9. The van der Waals surface area contributed by atoms with Gasteiger partial charge in [-0.15, -0.1) is 0 Å². The summed E-state index contributed by atoms with van der Waals surface area (Å²) in [6.45, 7) is 4.08. The highest BCUT2D eigenvalue weighted by Crippen LogP contribution is 2.40. The van der Waals surface area contributed by atoms with Gasteiger partial charge in [-0.1, -0.05) is 55.8 Å². The van der Waals surface area contributed by atoms with Crippen LogP contribution >= 0.6 is 0 Å². The molecule has 0 spiro atoms. The first kappa shape index (κ1) is 27.9. The Morgan fingerprint density at radius 3 is 2.18 bits per heavy atom. The van der Waals surface area contributed by atoms with Gasteiger partial charge in [-0.2, -0.15) is 0 Å². The van der Waals surface area contributed by atoms with E-state index in [-0.39, 0.29) is 11.3 Å². The largest absolute Gasteiger partial charge is 0.507 e. The summed E-state index contributed by atoms with van der Waals surface area (Å²) in [5, 5.41) is 11.3. The lowest BCUT2D eigenvalue weighted by Gasteiger charge is -2.26. The minimum absolute atomic E-state index is 0.0800. The SMILES string of the molecule is CCCCOc1ccc(C2C(=C(O)c3ccc(OCc4ccccc4)cc3)C(=O)C(=O)N2CCN(C)C)cc1. The first-order valence-electron chi connectivity index (χ1n) is 13.3. The summed E-state index contributed by atoms with van der Waals surface area (Å²) in [7, 11) is 3.82. The Morgan fingerprint density at radius 2 is 1.54 bits per heavy atom. The number of carbonyl (C=O) groups excluding carboxylic acids is 2. The third-order valence-corrected chi connectivity index (χ3v) is 6.67. The summed E-state index contributed by atoms with van der Waals surface area (Å²) in [6.07, 6.45) is 2.00. The van der Waals surface area contributed by atoms with Crippen molar-refractivity contribution in [2.24, 2.45) is 0 Å². The zero-order chi connectivity index (χ0) is 27.8. The number of rotatable bonds is 12. The zero-order valence-corrected chi connectivity index (χ0v) is 22.8. The molecule has 3 aromatic carbocycles. The van der Waals surface area contributed by atoms with Gasteiger partial charge >= 0.3 is 0 Å². The number of aliphatic hydroxyl groups excluding tert-OH is 1. The molecule has 1 heterocycles. The van der Waals surface area contributed by atoms with Crippen LogP contribution in [0.3, 0.4) is 0 Å². The predicted octanol–water partition coefficient (Wildman–Crippen LogP) is 5.43. The number of hydrogen-bond acceptors (Lipinski definition) is 6. The van der Waals surface area contributed by atoms with E-state index in [1.54, 1.807) is 24.3 Å². The Hall–Kier alpha value is -4.10. The maximum atomic E-state index is 13.3. The molecule has 1 saturated heterocycles. The lowest BCUT2D eigenvalue weighted by atomic mass is 9.95. The molecule has 0 aromatic heterocycles. The van der Waals surface area contributed by atoms with Gasteiger partial charge in [0, 0.05) is 18.7 Å². The Kier molecular flexibility index (Phi) is 9.39. The number of likely N-dealkylation sites (N-methyl/N-ethyl adjacent to an activating group) is 1. The Bertz CT molecular complexity index is 1280. The summed E-state index contributed by atoms with van der Waals surface area (Å²) in [5.74, 6) is -0.150. The molecule has 7 nitrogen and oxygen atoms in total. The fraction of sp³-hybridized carbons (Fsp3) is 0.312. The molecule has 1 N–H and O–H groups in total. The molecule has 1 unspecified atom stereocenters. The van der Waals surface area contributed by atoms with E-state index < -0.39 is 17.7 Å². The quantitative estimate of drug-likeness (QED) is 0.146. The molecule has 1 aliphatic heterocycles. The van der Waals surface area contributed by atoms with Crippen molar-refractivity contribution < 1.29 is 24.2 Å². The number of carbonyl (C=O) groups is 2. The van der Waals surface area contributed by atoms with Gasteiger partial charge in [0.1, 0.15) is 23.9 Å². The topological polar surface area (TPSA) is 79.3 Å². The van der Waals surface area contributed by atoms with Crippen molar-refractivity contribution in [3.63, 3.8) is 0 Å². The smallest absolute Gasteiger partial charge is 0.295 e. The van der Waals surface area contributed by atoms with Gasteiger partial charge in [0.05, 0.1) is 18.2 Å². The van der Waals surface area contributed by atoms with Crippen LogP contribution in [-0.2, 0) is 16.2 Å². The number of likely N-dealkylation sites (tertiary alicyclic amines) is 1. The van der Waals surface area contributed by atoms with E-state index in [1.807, 2.05) is 73.6 Å². The van der Waals surface area contributed by atoms with Gasteiger partial charge in [-0.3, -0.25) is 9.59 Å². The highest BCUT2D eigenvalue weighted by atomic mass is 16.5. The molecule has 0 bridgehead atoms. The van der Waals surface area contributed by atoms with Gasteiger partial charge < -0.3 is 24.4 Å². The molecule has 204 valence electrons. The second-order valence-corrected chi connectivity index (χ2v) is 9.87. The van der Waals surface area contributed by atoms with Crippen LogP contribution in [0.25, 0.3) is 5.76 Å². The van der Waals surface area contributed by atoms with E-state index in [9.17, 15) is 14.7 Å². The summed E-state index contributed by atoms with van der Waals surface area (Å²) in [5.41, 5.74) is 2.30. The zero-order valence-electron chi connectivity index (χ0n) is 22.8. The minimum Gasteiger partial charge on any atom is -0.507 e. The number of hydrogen-bond donors (Lipinski definition) is 1. The third kappa shape index (κ3) is 6.86. The number of unbranched alkanes of at least 4 members (excludes halogenated alkanes) is 1. The van der Waals surface area contributed by atoms with Gasteiger partial charge in [-0.05, 0) is 68.0 Å². The van der Waals surface area contributed by atoms with Crippen molar-refractivity contribution in [3.05, 3.63) is 101 Å². The minimum atomic E-state index is -0.705. The molecule has 1 aliphatic rings. The Morgan fingerprint density at radius 1 is 0.897 bits per heavy atom. The maximum Gasteiger partial charge on any atom is 0.295 e. The first-order chi connectivity index (χ1) is 18.9. The van der Waals surface area contributed by atoms with Crippen LogP contribution in [0.2, 0.25) is 0 Å². The second-order valence-electron chi connectivity index (χ2n) is 9.87. The lowest BCUT2D eigenvalue weighted by molar-refractivity contribution is -0.140. The number of Topliss-reactive ketones (excluding diaryl/α,β-unsaturated/α-hetero) is 1. The van der Waals surface area contributed by atoms with E-state index in [0.29, 0.717) is 37.6 Å². The van der Waals surface area contributed by atoms with E-state index >= 15 is 0 Å². The van der Waals surface area contributed by atoms with E-state index in [1.165, 1.54) is 4.90 Å². The molecule has 39 heavy (non-hydrogen) atoms. The summed E-state index contributed by atoms with van der Waals surface area (Å²) in [6, 6.07) is 23.4. The molecule has 0 radical (unpaired) electrons. The second kappa shape index (κ2) is 13.1. The summed E-state index contributed by atoms with van der Waals surface area (Å²) < 4.78 is 11.6. The lowest BCUT2D eigenvalue weighted by Crippen LogP contribution is -2.35. The Balaban J connectivity index is 1.62. The molecule has 1 fully saturated rings. The molecular weight excluding hydrogens is 492 g/mol. The molecule has 4 rings (SSSR count). The van der Waals surface area contributed by atoms with Gasteiger partial charge in [0.25, 0.3) is 11.7 Å². The van der Waals surface area contributed by atoms with Crippen molar-refractivity contribution in [2.75, 3.05) is 33.8 Å². The highest BCUT2D eigenvalue weighted by Gasteiger charge is 2.45. The number of aliphatic hydroxyl groups is 1.